The molecule has 0 heterocycles. The lowest BCUT2D eigenvalue weighted by Gasteiger charge is -2.22. The molecule has 1 atom stereocenters. The van der Waals surface area contributed by atoms with E-state index in [-0.39, 0.29) is 0 Å². The third kappa shape index (κ3) is 8.01. The number of carboxylic acids is 1. The Kier molecular flexibility index (Phi) is 9.90. The van der Waals surface area contributed by atoms with Crippen LogP contribution < -0.4 is 5.32 Å². The summed E-state index contributed by atoms with van der Waals surface area (Å²) in [4.78, 5) is 13.0. The van der Waals surface area contributed by atoms with Gasteiger partial charge in [-0.15, -0.1) is 13.2 Å². The van der Waals surface area contributed by atoms with Gasteiger partial charge in [0.05, 0.1) is 0 Å². The molecule has 0 aliphatic rings. The van der Waals surface area contributed by atoms with E-state index >= 15 is 0 Å². The highest BCUT2D eigenvalue weighted by atomic mass is 32.2. The second-order valence-electron chi connectivity index (χ2n) is 3.65. The van der Waals surface area contributed by atoms with Crippen LogP contribution in [0.5, 0.6) is 0 Å². The third-order valence-electron chi connectivity index (χ3n) is 2.24. The molecule has 0 saturated carbocycles. The summed E-state index contributed by atoms with van der Waals surface area (Å²) in [7, 11) is 0. The molecule has 0 fully saturated rings. The Morgan fingerprint density at radius 2 is 2.06 bits per heavy atom. The van der Waals surface area contributed by atoms with Crippen LogP contribution in [0.3, 0.4) is 0 Å². The molecule has 0 radical (unpaired) electrons. The second kappa shape index (κ2) is 10.4. The fourth-order valence-corrected chi connectivity index (χ4v) is 1.83. The van der Waals surface area contributed by atoms with Gasteiger partial charge in [0.2, 0.25) is 0 Å². The SMILES string of the molecule is C=CCN(CC=C)CN[C@@H](CCSC)C(=O)O. The van der Waals surface area contributed by atoms with Crippen LogP contribution in [0.15, 0.2) is 25.3 Å². The lowest BCUT2D eigenvalue weighted by molar-refractivity contribution is -0.139. The first-order chi connectivity index (χ1) is 8.15. The summed E-state index contributed by atoms with van der Waals surface area (Å²) in [6.45, 7) is 9.31. The molecule has 0 aliphatic carbocycles. The van der Waals surface area contributed by atoms with Crippen molar-refractivity contribution in [1.82, 2.24) is 10.2 Å². The van der Waals surface area contributed by atoms with Crippen molar-refractivity contribution in [3.8, 4) is 0 Å². The van der Waals surface area contributed by atoms with E-state index in [0.717, 1.165) is 5.75 Å². The zero-order chi connectivity index (χ0) is 13.1. The molecule has 0 aromatic heterocycles. The smallest absolute Gasteiger partial charge is 0.320 e. The monoisotopic (exact) mass is 258 g/mol. The quantitative estimate of drug-likeness (QED) is 0.433. The van der Waals surface area contributed by atoms with E-state index in [1.807, 2.05) is 11.2 Å². The molecule has 2 N–H and O–H groups in total. The van der Waals surface area contributed by atoms with Crippen LogP contribution in [0.25, 0.3) is 0 Å². The van der Waals surface area contributed by atoms with Gasteiger partial charge in [-0.1, -0.05) is 12.2 Å². The molecule has 0 spiro atoms. The lowest BCUT2D eigenvalue weighted by atomic mass is 10.2. The summed E-state index contributed by atoms with van der Waals surface area (Å²) in [6.07, 6.45) is 6.19. The first kappa shape index (κ1) is 16.2. The number of nitrogens with one attached hydrogen (secondary N) is 1. The third-order valence-corrected chi connectivity index (χ3v) is 2.89. The lowest BCUT2D eigenvalue weighted by Crippen LogP contribution is -2.44. The first-order valence-corrected chi connectivity index (χ1v) is 6.94. The van der Waals surface area contributed by atoms with E-state index < -0.39 is 12.0 Å². The molecule has 98 valence electrons. The summed E-state index contributed by atoms with van der Waals surface area (Å²) in [5.74, 6) is 0.0450. The Labute approximate surface area is 108 Å². The maximum Gasteiger partial charge on any atom is 0.320 e. The summed E-state index contributed by atoms with van der Waals surface area (Å²) in [5.41, 5.74) is 0. The Balaban J connectivity index is 4.10. The van der Waals surface area contributed by atoms with Crippen LogP contribution >= 0.6 is 11.8 Å². The van der Waals surface area contributed by atoms with E-state index in [0.29, 0.717) is 26.2 Å². The van der Waals surface area contributed by atoms with Crippen LogP contribution in [-0.4, -0.2) is 53.8 Å². The minimum atomic E-state index is -0.795. The van der Waals surface area contributed by atoms with E-state index in [9.17, 15) is 4.79 Å². The number of nitrogens with zero attached hydrogens (tertiary/aromatic N) is 1. The first-order valence-electron chi connectivity index (χ1n) is 5.55. The van der Waals surface area contributed by atoms with Gasteiger partial charge in [0.15, 0.2) is 0 Å². The number of carboxylic acid groups (broad SMARTS) is 1. The Hall–Kier alpha value is -0.780. The predicted octanol–water partition coefficient (Wildman–Crippen LogP) is 1.41. The van der Waals surface area contributed by atoms with Crippen molar-refractivity contribution in [3.63, 3.8) is 0 Å². The van der Waals surface area contributed by atoms with Crippen LogP contribution in [-0.2, 0) is 4.79 Å². The molecule has 0 amide bonds. The van der Waals surface area contributed by atoms with E-state index in [1.165, 1.54) is 0 Å². The normalized spacial score (nSPS) is 12.4. The van der Waals surface area contributed by atoms with Gasteiger partial charge in [-0.25, -0.2) is 0 Å². The van der Waals surface area contributed by atoms with Gasteiger partial charge in [0.1, 0.15) is 6.04 Å². The molecule has 0 aromatic carbocycles. The van der Waals surface area contributed by atoms with Gasteiger partial charge in [0, 0.05) is 19.8 Å². The maximum atomic E-state index is 11.0. The summed E-state index contributed by atoms with van der Waals surface area (Å²) >= 11 is 1.65. The summed E-state index contributed by atoms with van der Waals surface area (Å²) in [6, 6.07) is -0.486. The summed E-state index contributed by atoms with van der Waals surface area (Å²) < 4.78 is 0. The van der Waals surface area contributed by atoms with E-state index in [2.05, 4.69) is 18.5 Å². The zero-order valence-electron chi connectivity index (χ0n) is 10.4. The topological polar surface area (TPSA) is 52.6 Å². The van der Waals surface area contributed by atoms with Crippen molar-refractivity contribution in [2.75, 3.05) is 31.8 Å². The Morgan fingerprint density at radius 1 is 1.47 bits per heavy atom. The van der Waals surface area contributed by atoms with Crippen molar-refractivity contribution in [1.29, 1.82) is 0 Å². The van der Waals surface area contributed by atoms with Crippen LogP contribution in [0.2, 0.25) is 0 Å². The van der Waals surface area contributed by atoms with Crippen LogP contribution in [0.4, 0.5) is 0 Å². The molecule has 0 rings (SSSR count). The highest BCUT2D eigenvalue weighted by Gasteiger charge is 2.16. The molecule has 0 bridgehead atoms. The fraction of sp³-hybridized carbons (Fsp3) is 0.583. The minimum Gasteiger partial charge on any atom is -0.480 e. The molecule has 4 nitrogen and oxygen atoms in total. The second-order valence-corrected chi connectivity index (χ2v) is 4.63. The average molecular weight is 258 g/mol. The van der Waals surface area contributed by atoms with Gasteiger partial charge < -0.3 is 5.11 Å². The molecule has 0 aliphatic heterocycles. The van der Waals surface area contributed by atoms with Gasteiger partial charge in [-0.05, 0) is 18.4 Å². The standard InChI is InChI=1S/C12H22N2O2S/c1-4-7-14(8-5-2)10-13-11(12(15)16)6-9-17-3/h4-5,11,13H,1-2,6-10H2,3H3,(H,15,16)/t11-/m0/s1. The number of hydrogen-bond donors (Lipinski definition) is 2. The Morgan fingerprint density at radius 3 is 2.47 bits per heavy atom. The van der Waals surface area contributed by atoms with E-state index in [4.69, 9.17) is 5.11 Å². The minimum absolute atomic E-state index is 0.486. The number of thioether (sulfide) groups is 1. The number of rotatable bonds is 11. The molecular weight excluding hydrogens is 236 g/mol. The zero-order valence-corrected chi connectivity index (χ0v) is 11.2. The van der Waals surface area contributed by atoms with Gasteiger partial charge in [-0.2, -0.15) is 11.8 Å². The van der Waals surface area contributed by atoms with Crippen molar-refractivity contribution in [2.45, 2.75) is 12.5 Å². The summed E-state index contributed by atoms with van der Waals surface area (Å²) in [5, 5.41) is 12.1. The molecule has 0 saturated heterocycles. The van der Waals surface area contributed by atoms with Crippen molar-refractivity contribution >= 4 is 17.7 Å². The maximum absolute atomic E-state index is 11.0. The van der Waals surface area contributed by atoms with Crippen LogP contribution in [0, 0.1) is 0 Å². The largest absolute Gasteiger partial charge is 0.480 e. The molecule has 0 aromatic rings. The highest BCUT2D eigenvalue weighted by Crippen LogP contribution is 2.01. The molecule has 5 heteroatoms. The number of carbonyl (C=O) groups is 1. The Bertz CT molecular complexity index is 237. The van der Waals surface area contributed by atoms with Gasteiger partial charge in [-0.3, -0.25) is 15.0 Å². The van der Waals surface area contributed by atoms with Gasteiger partial charge in [0.25, 0.3) is 0 Å². The predicted molar refractivity (Wildman–Crippen MR) is 74.4 cm³/mol. The molecule has 17 heavy (non-hydrogen) atoms. The van der Waals surface area contributed by atoms with Crippen LogP contribution in [0.1, 0.15) is 6.42 Å². The van der Waals surface area contributed by atoms with Gasteiger partial charge >= 0.3 is 5.97 Å². The fourth-order valence-electron chi connectivity index (χ4n) is 1.36. The average Bonchev–Trinajstić information content (AvgIpc) is 2.29. The van der Waals surface area contributed by atoms with E-state index in [1.54, 1.807) is 23.9 Å². The van der Waals surface area contributed by atoms with Crippen molar-refractivity contribution in [3.05, 3.63) is 25.3 Å². The van der Waals surface area contributed by atoms with Crippen molar-refractivity contribution < 1.29 is 9.90 Å². The van der Waals surface area contributed by atoms with Crippen molar-refractivity contribution in [2.24, 2.45) is 0 Å². The number of hydrogen-bond acceptors (Lipinski definition) is 4. The highest BCUT2D eigenvalue weighted by molar-refractivity contribution is 7.98. The number of aliphatic carboxylic acids is 1. The molecular formula is C12H22N2O2S. The molecule has 0 unspecified atom stereocenters.